The predicted octanol–water partition coefficient (Wildman–Crippen LogP) is 6.71. The Kier molecular flexibility index (Phi) is 5.81. The van der Waals surface area contributed by atoms with Gasteiger partial charge in [-0.25, -0.2) is 0 Å². The maximum absolute atomic E-state index is 6.27. The van der Waals surface area contributed by atoms with Crippen molar-refractivity contribution in [2.24, 2.45) is 0 Å². The number of benzene rings is 2. The SMILES string of the molecule is CC(NC(C)c1ccc(Cl)c(Cl)c1Cl)c1ccc(Cl)cc1. The van der Waals surface area contributed by atoms with Gasteiger partial charge in [-0.2, -0.15) is 0 Å². The van der Waals surface area contributed by atoms with Crippen LogP contribution in [0.3, 0.4) is 0 Å². The summed E-state index contributed by atoms with van der Waals surface area (Å²) in [5.41, 5.74) is 2.08. The second kappa shape index (κ2) is 7.21. The molecule has 0 saturated carbocycles. The molecule has 0 amide bonds. The molecule has 0 aromatic heterocycles. The van der Waals surface area contributed by atoms with Crippen molar-refractivity contribution in [2.75, 3.05) is 0 Å². The summed E-state index contributed by atoms with van der Waals surface area (Å²) >= 11 is 24.2. The summed E-state index contributed by atoms with van der Waals surface area (Å²) in [6.45, 7) is 4.13. The van der Waals surface area contributed by atoms with Gasteiger partial charge in [0.05, 0.1) is 15.1 Å². The molecule has 2 aromatic rings. The van der Waals surface area contributed by atoms with E-state index in [-0.39, 0.29) is 12.1 Å². The van der Waals surface area contributed by atoms with Crippen LogP contribution >= 0.6 is 46.4 Å². The van der Waals surface area contributed by atoms with Crippen molar-refractivity contribution in [3.63, 3.8) is 0 Å². The van der Waals surface area contributed by atoms with Crippen molar-refractivity contribution in [1.29, 1.82) is 0 Å². The van der Waals surface area contributed by atoms with Crippen molar-refractivity contribution in [1.82, 2.24) is 5.32 Å². The van der Waals surface area contributed by atoms with Crippen molar-refractivity contribution >= 4 is 46.4 Å². The Morgan fingerprint density at radius 2 is 1.38 bits per heavy atom. The van der Waals surface area contributed by atoms with Crippen molar-refractivity contribution in [3.05, 3.63) is 67.6 Å². The molecule has 0 saturated heterocycles. The summed E-state index contributed by atoms with van der Waals surface area (Å²) in [5, 5.41) is 5.57. The van der Waals surface area contributed by atoms with Gasteiger partial charge < -0.3 is 5.32 Å². The van der Waals surface area contributed by atoms with E-state index in [2.05, 4.69) is 12.2 Å². The lowest BCUT2D eigenvalue weighted by Gasteiger charge is -2.22. The first kappa shape index (κ1) is 16.9. The number of nitrogens with one attached hydrogen (secondary N) is 1. The summed E-state index contributed by atoms with van der Waals surface area (Å²) in [4.78, 5) is 0. The van der Waals surface area contributed by atoms with E-state index in [1.807, 2.05) is 37.3 Å². The Morgan fingerprint density at radius 3 is 2.00 bits per heavy atom. The standard InChI is InChI=1S/C16H15Cl4N/c1-9(11-3-5-12(17)6-4-11)21-10(2)13-7-8-14(18)16(20)15(13)19/h3-10,21H,1-2H3. The highest BCUT2D eigenvalue weighted by atomic mass is 35.5. The average Bonchev–Trinajstić information content (AvgIpc) is 2.45. The Morgan fingerprint density at radius 1 is 0.762 bits per heavy atom. The van der Waals surface area contributed by atoms with E-state index < -0.39 is 0 Å². The molecule has 0 aliphatic heterocycles. The van der Waals surface area contributed by atoms with Crippen LogP contribution in [0.25, 0.3) is 0 Å². The molecule has 1 nitrogen and oxygen atoms in total. The van der Waals surface area contributed by atoms with Crippen LogP contribution in [0.4, 0.5) is 0 Å². The number of rotatable bonds is 4. The van der Waals surface area contributed by atoms with Gasteiger partial charge in [-0.15, -0.1) is 0 Å². The zero-order valence-electron chi connectivity index (χ0n) is 11.6. The summed E-state index contributed by atoms with van der Waals surface area (Å²) in [6, 6.07) is 11.6. The van der Waals surface area contributed by atoms with Crippen molar-refractivity contribution in [2.45, 2.75) is 25.9 Å². The lowest BCUT2D eigenvalue weighted by atomic mass is 10.0. The smallest absolute Gasteiger partial charge is 0.0781 e. The minimum absolute atomic E-state index is 0.0398. The van der Waals surface area contributed by atoms with Crippen molar-refractivity contribution in [3.8, 4) is 0 Å². The first-order valence-corrected chi connectivity index (χ1v) is 8.06. The molecule has 112 valence electrons. The Hall–Kier alpha value is -0.440. The fourth-order valence-corrected chi connectivity index (χ4v) is 3.02. The predicted molar refractivity (Wildman–Crippen MR) is 92.9 cm³/mol. The van der Waals surface area contributed by atoms with Gasteiger partial charge in [0, 0.05) is 17.1 Å². The molecule has 2 unspecified atom stereocenters. The van der Waals surface area contributed by atoms with Crippen LogP contribution in [0, 0.1) is 0 Å². The van der Waals surface area contributed by atoms with Crippen LogP contribution in [-0.2, 0) is 0 Å². The Balaban J connectivity index is 2.16. The summed E-state index contributed by atoms with van der Waals surface area (Å²) < 4.78 is 0. The first-order valence-electron chi connectivity index (χ1n) is 6.55. The summed E-state index contributed by atoms with van der Waals surface area (Å²) in [6.07, 6.45) is 0. The lowest BCUT2D eigenvalue weighted by Crippen LogP contribution is -2.22. The number of hydrogen-bond acceptors (Lipinski definition) is 1. The molecular formula is C16H15Cl4N. The third-order valence-electron chi connectivity index (χ3n) is 3.40. The normalized spacial score (nSPS) is 14.0. The maximum Gasteiger partial charge on any atom is 0.0781 e. The molecular weight excluding hydrogens is 348 g/mol. The molecule has 2 aromatic carbocycles. The van der Waals surface area contributed by atoms with Crippen LogP contribution < -0.4 is 5.32 Å². The molecule has 0 bridgehead atoms. The minimum atomic E-state index is 0.0398. The van der Waals surface area contributed by atoms with Crippen LogP contribution in [0.1, 0.15) is 37.1 Å². The van der Waals surface area contributed by atoms with E-state index in [4.69, 9.17) is 46.4 Å². The third-order valence-corrected chi connectivity index (χ3v) is 4.96. The quantitative estimate of drug-likeness (QED) is 0.595. The molecule has 0 fully saturated rings. The molecule has 0 aliphatic carbocycles. The van der Waals surface area contributed by atoms with E-state index in [1.165, 1.54) is 0 Å². The van der Waals surface area contributed by atoms with E-state index in [1.54, 1.807) is 6.07 Å². The molecule has 0 spiro atoms. The zero-order valence-corrected chi connectivity index (χ0v) is 14.7. The van der Waals surface area contributed by atoms with E-state index in [0.717, 1.165) is 16.1 Å². The Bertz CT molecular complexity index is 625. The molecule has 21 heavy (non-hydrogen) atoms. The van der Waals surface area contributed by atoms with Crippen LogP contribution in [0.2, 0.25) is 20.1 Å². The molecule has 5 heteroatoms. The minimum Gasteiger partial charge on any atom is -0.304 e. The van der Waals surface area contributed by atoms with Gasteiger partial charge >= 0.3 is 0 Å². The largest absolute Gasteiger partial charge is 0.304 e. The van der Waals surface area contributed by atoms with E-state index in [0.29, 0.717) is 15.1 Å². The second-order valence-electron chi connectivity index (χ2n) is 4.93. The fraction of sp³-hybridized carbons (Fsp3) is 0.250. The van der Waals surface area contributed by atoms with Crippen LogP contribution in [0.15, 0.2) is 36.4 Å². The van der Waals surface area contributed by atoms with Gasteiger partial charge in [-0.05, 0) is 43.2 Å². The molecule has 0 radical (unpaired) electrons. The molecule has 2 atom stereocenters. The van der Waals surface area contributed by atoms with Gasteiger partial charge in [0.2, 0.25) is 0 Å². The van der Waals surface area contributed by atoms with Gasteiger partial charge in [0.15, 0.2) is 0 Å². The highest BCUT2D eigenvalue weighted by Gasteiger charge is 2.16. The van der Waals surface area contributed by atoms with Gasteiger partial charge in [-0.3, -0.25) is 0 Å². The lowest BCUT2D eigenvalue weighted by molar-refractivity contribution is 0.495. The highest BCUT2D eigenvalue weighted by molar-refractivity contribution is 6.48. The summed E-state index contributed by atoms with van der Waals surface area (Å²) in [7, 11) is 0. The van der Waals surface area contributed by atoms with Crippen LogP contribution in [0.5, 0.6) is 0 Å². The van der Waals surface area contributed by atoms with Crippen LogP contribution in [-0.4, -0.2) is 0 Å². The molecule has 0 heterocycles. The zero-order chi connectivity index (χ0) is 15.6. The fourth-order valence-electron chi connectivity index (χ4n) is 2.19. The highest BCUT2D eigenvalue weighted by Crippen LogP contribution is 2.36. The monoisotopic (exact) mass is 361 g/mol. The van der Waals surface area contributed by atoms with Gasteiger partial charge in [0.1, 0.15) is 0 Å². The number of halogens is 4. The second-order valence-corrected chi connectivity index (χ2v) is 6.53. The van der Waals surface area contributed by atoms with E-state index in [9.17, 15) is 0 Å². The Labute approximate surface area is 145 Å². The summed E-state index contributed by atoms with van der Waals surface area (Å²) in [5.74, 6) is 0. The maximum atomic E-state index is 6.27. The molecule has 1 N–H and O–H groups in total. The van der Waals surface area contributed by atoms with Crippen molar-refractivity contribution < 1.29 is 0 Å². The average molecular weight is 363 g/mol. The first-order chi connectivity index (χ1) is 9.90. The van der Waals surface area contributed by atoms with Gasteiger partial charge in [-0.1, -0.05) is 64.6 Å². The molecule has 2 rings (SSSR count). The third kappa shape index (κ3) is 4.06. The van der Waals surface area contributed by atoms with Gasteiger partial charge in [0.25, 0.3) is 0 Å². The topological polar surface area (TPSA) is 12.0 Å². The molecule has 0 aliphatic rings. The number of hydrogen-bond donors (Lipinski definition) is 1. The van der Waals surface area contributed by atoms with E-state index >= 15 is 0 Å².